The number of carbonyl (C=O) groups is 5. The molecule has 0 radical (unpaired) electrons. The Morgan fingerprint density at radius 1 is 0.745 bits per heavy atom. The second-order valence-electron chi connectivity index (χ2n) is 27.0. The van der Waals surface area contributed by atoms with Crippen molar-refractivity contribution in [1.29, 1.82) is 0 Å². The van der Waals surface area contributed by atoms with E-state index in [0.29, 0.717) is 56.6 Å². The van der Waals surface area contributed by atoms with E-state index in [4.69, 9.17) is 21.0 Å². The molecule has 0 aliphatic heterocycles. The van der Waals surface area contributed by atoms with Crippen LogP contribution >= 0.6 is 33.1 Å². The molecule has 5 aliphatic rings. The summed E-state index contributed by atoms with van der Waals surface area (Å²) in [5.74, 6) is -1.21. The lowest BCUT2D eigenvalue weighted by Crippen LogP contribution is -2.61. The third-order valence-electron chi connectivity index (χ3n) is 18.6. The number of esters is 3. The number of phenols is 2. The van der Waals surface area contributed by atoms with Gasteiger partial charge in [0.05, 0.1) is 37.7 Å². The number of thiophene rings is 1. The van der Waals surface area contributed by atoms with Crippen LogP contribution in [0.3, 0.4) is 0 Å². The first-order valence-corrected chi connectivity index (χ1v) is 35.7. The Labute approximate surface area is 568 Å². The number of nitrogens with one attached hydrogen (secondary N) is 1. The Kier molecular flexibility index (Phi) is 25.4. The van der Waals surface area contributed by atoms with E-state index in [1.54, 1.807) is 39.8 Å². The molecule has 4 saturated carbocycles. The number of ether oxygens (including phenoxy) is 3. The number of rotatable bonds is 16. The summed E-state index contributed by atoms with van der Waals surface area (Å²) in [5, 5.41) is 23.9. The minimum atomic E-state index is -5.27. The predicted octanol–water partition coefficient (Wildman–Crippen LogP) is 17.3. The van der Waals surface area contributed by atoms with Gasteiger partial charge in [0.2, 0.25) is 12.0 Å². The number of aromatic hydroxyl groups is 2. The molecule has 5 aromatic carbocycles. The van der Waals surface area contributed by atoms with E-state index < -0.39 is 78.9 Å². The molecule has 3 N–H and O–H groups in total. The fraction of sp³-hybridized carbons (Fsp3) is 0.473. The largest absolute Gasteiger partial charge is 0.748 e. The Hall–Kier alpha value is -6.80. The van der Waals surface area contributed by atoms with E-state index in [1.165, 1.54) is 42.8 Å². The minimum Gasteiger partial charge on any atom is -0.748 e. The van der Waals surface area contributed by atoms with E-state index in [1.807, 2.05) is 87.6 Å². The maximum Gasteiger partial charge on any atom is 0.426 e. The van der Waals surface area contributed by atoms with Crippen LogP contribution in [0.1, 0.15) is 175 Å². The van der Waals surface area contributed by atoms with E-state index in [9.17, 15) is 55.2 Å². The van der Waals surface area contributed by atoms with Gasteiger partial charge in [0.15, 0.2) is 19.9 Å². The van der Waals surface area contributed by atoms with Crippen molar-refractivity contribution in [2.24, 2.45) is 33.5 Å². The van der Waals surface area contributed by atoms with E-state index in [2.05, 4.69) is 109 Å². The summed E-state index contributed by atoms with van der Waals surface area (Å²) in [5.41, 5.74) is -3.48. The molecule has 4 fully saturated rings. The molecular formula is C74H89F3INO13S2. The van der Waals surface area contributed by atoms with Gasteiger partial charge in [-0.3, -0.25) is 29.3 Å². The van der Waals surface area contributed by atoms with Gasteiger partial charge in [-0.2, -0.15) is 13.2 Å². The molecule has 0 spiro atoms. The average Bonchev–Trinajstić information content (AvgIpc) is 0.928. The second kappa shape index (κ2) is 31.4. The number of alkyl halides is 3. The van der Waals surface area contributed by atoms with Crippen LogP contribution in [-0.2, 0) is 43.5 Å². The molecule has 94 heavy (non-hydrogen) atoms. The number of hydrogen-bond acceptors (Lipinski definition) is 13. The smallest absolute Gasteiger partial charge is 0.426 e. The third kappa shape index (κ3) is 19.5. The first-order valence-electron chi connectivity index (χ1n) is 31.9. The van der Waals surface area contributed by atoms with Crippen LogP contribution < -0.4 is 5.32 Å². The van der Waals surface area contributed by atoms with Crippen molar-refractivity contribution < 1.29 is 74.5 Å². The molecule has 0 saturated heterocycles. The lowest BCUT2D eigenvalue weighted by Gasteiger charge is -2.60. The fourth-order valence-corrected chi connectivity index (χ4v) is 15.4. The number of benzene rings is 5. The SMILES string of the molecule is C#CC1(OC(=O)C(C)(C)CC)C=CCC1.CCC(C)(C)C(=O)NC(=O)c1cc(I)ccc1O.CCC(C)(C)C(=O)OC12CC3CC(C1)CC(C(=O)OC(CS(=O)(=O)[O-])C(F)(F)F)(C3)C2.CCC(C)c1cccc(O)c1.c1ccc(-[s+]2c3ccccc3c3ccccc32)cc1. The number of amides is 2. The van der Waals surface area contributed by atoms with Crippen molar-refractivity contribution in [1.82, 2.24) is 5.32 Å². The quantitative estimate of drug-likeness (QED) is 0.0156. The van der Waals surface area contributed by atoms with Gasteiger partial charge in [-0.25, -0.2) is 8.42 Å². The van der Waals surface area contributed by atoms with Gasteiger partial charge >= 0.3 is 24.1 Å². The van der Waals surface area contributed by atoms with E-state index in [-0.39, 0.29) is 51.9 Å². The number of halogens is 4. The molecule has 5 atom stereocenters. The molecule has 5 aliphatic carbocycles. The Bertz CT molecular complexity index is 3790. The van der Waals surface area contributed by atoms with Crippen LogP contribution in [0.5, 0.6) is 11.5 Å². The van der Waals surface area contributed by atoms with Crippen molar-refractivity contribution in [3.05, 3.63) is 148 Å². The summed E-state index contributed by atoms with van der Waals surface area (Å²) in [6, 6.07) is 40.5. The lowest BCUT2D eigenvalue weighted by atomic mass is 9.48. The summed E-state index contributed by atoms with van der Waals surface area (Å²) >= 11 is 2.04. The number of imide groups is 1. The van der Waals surface area contributed by atoms with Gasteiger partial charge in [-0.15, -0.1) is 6.42 Å². The zero-order valence-electron chi connectivity index (χ0n) is 55.5. The Morgan fingerprint density at radius 3 is 1.78 bits per heavy atom. The molecule has 1 aromatic heterocycles. The molecule has 508 valence electrons. The monoisotopic (exact) mass is 1450 g/mol. The van der Waals surface area contributed by atoms with Crippen LogP contribution in [-0.4, -0.2) is 82.1 Å². The van der Waals surface area contributed by atoms with Crippen LogP contribution in [0.4, 0.5) is 13.2 Å². The van der Waals surface area contributed by atoms with Crippen molar-refractivity contribution in [3.63, 3.8) is 0 Å². The molecule has 4 bridgehead atoms. The first kappa shape index (κ1) is 76.2. The maximum absolute atomic E-state index is 13.3. The number of terminal acetylenes is 1. The summed E-state index contributed by atoms with van der Waals surface area (Å²) in [7, 11) is -5.21. The number of hydrogen-bond donors (Lipinski definition) is 3. The van der Waals surface area contributed by atoms with Crippen molar-refractivity contribution in [2.75, 3.05) is 5.75 Å². The number of phenolic OH excluding ortho intramolecular Hbond substituents is 2. The molecule has 11 rings (SSSR count). The summed E-state index contributed by atoms with van der Waals surface area (Å²) in [4.78, 5) is 62.7. The van der Waals surface area contributed by atoms with Crippen LogP contribution in [0.25, 0.3) is 25.1 Å². The number of carbonyl (C=O) groups excluding carboxylic acids is 5. The van der Waals surface area contributed by atoms with Gasteiger partial charge in [-0.05, 0) is 211 Å². The van der Waals surface area contributed by atoms with Crippen molar-refractivity contribution in [3.8, 4) is 28.7 Å². The predicted molar refractivity (Wildman–Crippen MR) is 370 cm³/mol. The Morgan fingerprint density at radius 2 is 1.29 bits per heavy atom. The zero-order chi connectivity index (χ0) is 69.8. The van der Waals surface area contributed by atoms with Crippen LogP contribution in [0.15, 0.2) is 133 Å². The number of allylic oxidation sites excluding steroid dienone is 1. The molecule has 6 aromatic rings. The van der Waals surface area contributed by atoms with E-state index >= 15 is 0 Å². The highest BCUT2D eigenvalue weighted by atomic mass is 127. The fourth-order valence-electron chi connectivity index (χ4n) is 11.9. The van der Waals surface area contributed by atoms with Crippen molar-refractivity contribution >= 4 is 93.1 Å². The number of fused-ring (bicyclic) bond motifs is 3. The maximum atomic E-state index is 13.3. The van der Waals surface area contributed by atoms with Gasteiger partial charge in [0.1, 0.15) is 17.1 Å². The molecule has 2 amide bonds. The first-order chi connectivity index (χ1) is 43.9. The van der Waals surface area contributed by atoms with Crippen LogP contribution in [0, 0.1) is 49.4 Å². The van der Waals surface area contributed by atoms with Gasteiger partial charge in [0.25, 0.3) is 5.91 Å². The molecule has 14 nitrogen and oxygen atoms in total. The van der Waals surface area contributed by atoms with Gasteiger partial charge in [0, 0.05) is 43.1 Å². The van der Waals surface area contributed by atoms with Gasteiger partial charge < -0.3 is 29.0 Å². The Balaban J connectivity index is 0.000000195. The topological polar surface area (TPSA) is 223 Å². The zero-order valence-corrected chi connectivity index (χ0v) is 59.3. The highest BCUT2D eigenvalue weighted by molar-refractivity contribution is 14.1. The molecule has 20 heteroatoms. The highest BCUT2D eigenvalue weighted by Gasteiger charge is 2.64. The summed E-state index contributed by atoms with van der Waals surface area (Å²) < 4.78 is 92.2. The standard InChI is InChI=1S/C20H29F3O7S.C18H13S.C13H16INO3.C13H18O2.C10H14O/c1-4-17(2,3)15(24)30-19-8-12-5-13(9-19)7-18(6-12,11-19)16(25)29-14(20(21,22)23)10-31(26,27)28;1-2-8-14(9-3-1)19-17-12-6-4-10-15(17)16-11-5-7-13-18(16)19;1-4-13(2,3)12(18)15-11(17)9-7-8(14)5-6-10(9)16;1-5-12(3,4)11(14)15-13(6-2)9-7-8-10-13;1-3-8(2)9-5-4-6-10(11)7-9/h12-14H,4-11H2,1-3H3,(H,26,27,28);1-13H;5-7,16H,4H2,1-3H3,(H,15,17,18);2,7,9H,5,8,10H2,1,3-4H3;4-8,11H,3H2,1-2H3/q;+1;;;/p-1. The molecule has 5 unspecified atom stereocenters. The minimum absolute atomic E-state index is 0.00100. The van der Waals surface area contributed by atoms with Crippen molar-refractivity contribution in [2.45, 2.75) is 183 Å². The molecular weight excluding hydrogens is 1360 g/mol. The van der Waals surface area contributed by atoms with E-state index in [0.717, 1.165) is 29.3 Å². The van der Waals surface area contributed by atoms with Crippen LogP contribution in [0.2, 0.25) is 0 Å². The normalized spacial score (nSPS) is 21.0. The average molecular weight is 1450 g/mol. The second-order valence-corrected chi connectivity index (χ2v) is 31.7. The third-order valence-corrected chi connectivity index (χ3v) is 22.4. The summed E-state index contributed by atoms with van der Waals surface area (Å²) in [6.07, 6.45) is 8.13. The van der Waals surface area contributed by atoms with Gasteiger partial charge in [-0.1, -0.05) is 115 Å². The highest BCUT2D eigenvalue weighted by Crippen LogP contribution is 2.64. The molecule has 1 heterocycles. The summed E-state index contributed by atoms with van der Waals surface area (Å²) in [6.45, 7) is 20.8. The lowest BCUT2D eigenvalue weighted by molar-refractivity contribution is -0.239.